The van der Waals surface area contributed by atoms with E-state index in [-0.39, 0.29) is 24.7 Å². The molecule has 0 aliphatic rings. The number of rotatable bonds is 6. The first-order valence-corrected chi connectivity index (χ1v) is 8.81. The van der Waals surface area contributed by atoms with Gasteiger partial charge in [-0.2, -0.15) is 0 Å². The van der Waals surface area contributed by atoms with E-state index in [9.17, 15) is 13.2 Å². The van der Waals surface area contributed by atoms with Crippen molar-refractivity contribution in [1.82, 2.24) is 14.6 Å². The van der Waals surface area contributed by atoms with Crippen LogP contribution < -0.4 is 10.1 Å². The fourth-order valence-corrected chi connectivity index (χ4v) is 2.43. The number of amides is 1. The van der Waals surface area contributed by atoms with Crippen molar-refractivity contribution in [2.24, 2.45) is 0 Å². The van der Waals surface area contributed by atoms with Crippen LogP contribution in [0.1, 0.15) is 10.5 Å². The summed E-state index contributed by atoms with van der Waals surface area (Å²) in [4.78, 5) is 16.5. The molecule has 1 amide bonds. The largest absolute Gasteiger partial charge is 0.496 e. The van der Waals surface area contributed by atoms with Crippen LogP contribution >= 0.6 is 0 Å². The highest BCUT2D eigenvalue weighted by Crippen LogP contribution is 2.24. The lowest BCUT2D eigenvalue weighted by atomic mass is 10.2. The monoisotopic (exact) mass is 337 g/mol. The molecule has 0 bridgehead atoms. The Morgan fingerprint density at radius 1 is 1.35 bits per heavy atom. The van der Waals surface area contributed by atoms with Crippen molar-refractivity contribution in [2.75, 3.05) is 33.5 Å². The van der Waals surface area contributed by atoms with Gasteiger partial charge in [0, 0.05) is 31.6 Å². The summed E-state index contributed by atoms with van der Waals surface area (Å²) in [5.41, 5.74) is 0.882. The Morgan fingerprint density at radius 3 is 2.70 bits per heavy atom. The number of para-hydroxylation sites is 1. The van der Waals surface area contributed by atoms with E-state index in [0.717, 1.165) is 11.6 Å². The fraction of sp³-hybridized carbons (Fsp3) is 0.333. The van der Waals surface area contributed by atoms with Crippen LogP contribution in [0.3, 0.4) is 0 Å². The van der Waals surface area contributed by atoms with Crippen molar-refractivity contribution in [2.45, 2.75) is 0 Å². The third-order valence-corrected chi connectivity index (χ3v) is 4.72. The molecule has 0 unspecified atom stereocenters. The zero-order valence-electron chi connectivity index (χ0n) is 13.2. The fourth-order valence-electron chi connectivity index (χ4n) is 2.01. The number of nitrogens with one attached hydrogen (secondary N) is 1. The topological polar surface area (TPSA) is 88.6 Å². The second-order valence-corrected chi connectivity index (χ2v) is 7.16. The summed E-state index contributed by atoms with van der Waals surface area (Å²) in [6.45, 7) is 0.383. The van der Waals surface area contributed by atoms with Crippen molar-refractivity contribution in [3.63, 3.8) is 0 Å². The van der Waals surface area contributed by atoms with Gasteiger partial charge >= 0.3 is 0 Å². The first kappa shape index (κ1) is 17.2. The molecule has 0 aliphatic carbocycles. The zero-order chi connectivity index (χ0) is 17.0. The third kappa shape index (κ3) is 4.17. The zero-order valence-corrected chi connectivity index (χ0v) is 14.1. The summed E-state index contributed by atoms with van der Waals surface area (Å²) in [5.74, 6) is 0.185. The maximum Gasteiger partial charge on any atom is 0.270 e. The van der Waals surface area contributed by atoms with Gasteiger partial charge < -0.3 is 10.1 Å². The summed E-state index contributed by atoms with van der Waals surface area (Å²) in [7, 11) is -0.269. The van der Waals surface area contributed by atoms with E-state index < -0.39 is 10.0 Å². The van der Waals surface area contributed by atoms with Crippen molar-refractivity contribution < 1.29 is 17.9 Å². The molecule has 1 aromatic heterocycles. The molecule has 0 atom stereocenters. The molecule has 0 saturated heterocycles. The van der Waals surface area contributed by atoms with Crippen LogP contribution in [-0.2, 0) is 10.0 Å². The lowest BCUT2D eigenvalue weighted by Gasteiger charge is -2.14. The summed E-state index contributed by atoms with van der Waals surface area (Å²) in [5, 5.41) is 3.48. The number of benzene rings is 1. The number of hydrogen-bond acceptors (Lipinski definition) is 5. The molecule has 2 rings (SSSR count). The molecule has 2 aromatic rings. The SMILES string of the molecule is COc1cc(C(=O)NCCN(C)S(C)(=O)=O)nc2ccccc12. The first-order chi connectivity index (χ1) is 10.8. The standard InChI is InChI=1S/C15H19N3O4S/c1-18(23(3,20)21)9-8-16-15(19)13-10-14(22-2)11-6-4-5-7-12(11)17-13/h4-7,10H,8-9H2,1-3H3,(H,16,19). The number of likely N-dealkylation sites (N-methyl/N-ethyl adjacent to an activating group) is 1. The molecular formula is C15H19N3O4S. The van der Waals surface area contributed by atoms with Gasteiger partial charge in [0.2, 0.25) is 10.0 Å². The molecule has 0 spiro atoms. The highest BCUT2D eigenvalue weighted by atomic mass is 32.2. The number of carbonyl (C=O) groups is 1. The number of sulfonamides is 1. The maximum atomic E-state index is 12.2. The van der Waals surface area contributed by atoms with Crippen molar-refractivity contribution >= 4 is 26.8 Å². The Balaban J connectivity index is 2.12. The summed E-state index contributed by atoms with van der Waals surface area (Å²) in [6.07, 6.45) is 1.12. The van der Waals surface area contributed by atoms with Gasteiger partial charge in [-0.15, -0.1) is 0 Å². The lowest BCUT2D eigenvalue weighted by Crippen LogP contribution is -2.35. The predicted molar refractivity (Wildman–Crippen MR) is 88.1 cm³/mol. The van der Waals surface area contributed by atoms with Gasteiger partial charge in [-0.25, -0.2) is 17.7 Å². The highest BCUT2D eigenvalue weighted by molar-refractivity contribution is 7.88. The highest BCUT2D eigenvalue weighted by Gasteiger charge is 2.14. The van der Waals surface area contributed by atoms with Gasteiger partial charge in [0.1, 0.15) is 11.4 Å². The second-order valence-electron chi connectivity index (χ2n) is 5.07. The van der Waals surface area contributed by atoms with Crippen LogP contribution in [0.25, 0.3) is 10.9 Å². The summed E-state index contributed by atoms with van der Waals surface area (Å²) in [6, 6.07) is 8.93. The minimum absolute atomic E-state index is 0.190. The number of hydrogen-bond donors (Lipinski definition) is 1. The second kappa shape index (κ2) is 6.93. The van der Waals surface area contributed by atoms with Crippen LogP contribution in [0.5, 0.6) is 5.75 Å². The Hall–Kier alpha value is -2.19. The van der Waals surface area contributed by atoms with Gasteiger partial charge in [0.25, 0.3) is 5.91 Å². The smallest absolute Gasteiger partial charge is 0.270 e. The lowest BCUT2D eigenvalue weighted by molar-refractivity contribution is 0.0947. The molecule has 8 heteroatoms. The van der Waals surface area contributed by atoms with Gasteiger partial charge in [0.15, 0.2) is 0 Å². The van der Waals surface area contributed by atoms with Crippen LogP contribution in [0.15, 0.2) is 30.3 Å². The van der Waals surface area contributed by atoms with Gasteiger partial charge in [-0.05, 0) is 12.1 Å². The number of methoxy groups -OCH3 is 1. The van der Waals surface area contributed by atoms with E-state index in [1.165, 1.54) is 18.5 Å². The minimum Gasteiger partial charge on any atom is -0.496 e. The molecule has 1 heterocycles. The van der Waals surface area contributed by atoms with Crippen molar-refractivity contribution in [3.8, 4) is 5.75 Å². The van der Waals surface area contributed by atoms with E-state index in [0.29, 0.717) is 11.3 Å². The van der Waals surface area contributed by atoms with Gasteiger partial charge in [-0.3, -0.25) is 4.79 Å². The molecular weight excluding hydrogens is 318 g/mol. The maximum absolute atomic E-state index is 12.2. The van der Waals surface area contributed by atoms with Gasteiger partial charge in [0.05, 0.1) is 18.9 Å². The number of aromatic nitrogens is 1. The Bertz CT molecular complexity index is 821. The number of nitrogens with zero attached hydrogens (tertiary/aromatic N) is 2. The average molecular weight is 337 g/mol. The normalized spacial score (nSPS) is 11.7. The van der Waals surface area contributed by atoms with Crippen molar-refractivity contribution in [1.29, 1.82) is 0 Å². The quantitative estimate of drug-likeness (QED) is 0.845. The molecule has 1 aromatic carbocycles. The van der Waals surface area contributed by atoms with Crippen LogP contribution in [-0.4, -0.2) is 57.1 Å². The Morgan fingerprint density at radius 2 is 2.04 bits per heavy atom. The van der Waals surface area contributed by atoms with Crippen molar-refractivity contribution in [3.05, 3.63) is 36.0 Å². The summed E-state index contributed by atoms with van der Waals surface area (Å²) >= 11 is 0. The first-order valence-electron chi connectivity index (χ1n) is 6.96. The average Bonchev–Trinajstić information content (AvgIpc) is 2.52. The molecule has 0 aliphatic heterocycles. The van der Waals surface area contributed by atoms with E-state index >= 15 is 0 Å². The minimum atomic E-state index is -3.26. The van der Waals surface area contributed by atoms with Crippen LogP contribution in [0.4, 0.5) is 0 Å². The predicted octanol–water partition coefficient (Wildman–Crippen LogP) is 0.865. The number of fused-ring (bicyclic) bond motifs is 1. The number of pyridine rings is 1. The van der Waals surface area contributed by atoms with E-state index in [4.69, 9.17) is 4.74 Å². The number of ether oxygens (including phenoxy) is 1. The Kier molecular flexibility index (Phi) is 5.17. The van der Waals surface area contributed by atoms with E-state index in [1.54, 1.807) is 12.1 Å². The molecule has 124 valence electrons. The van der Waals surface area contributed by atoms with Gasteiger partial charge in [-0.1, -0.05) is 12.1 Å². The third-order valence-electron chi connectivity index (χ3n) is 3.41. The molecule has 0 radical (unpaired) electrons. The molecule has 7 nitrogen and oxygen atoms in total. The van der Waals surface area contributed by atoms with E-state index in [2.05, 4.69) is 10.3 Å². The van der Waals surface area contributed by atoms with E-state index in [1.807, 2.05) is 18.2 Å². The molecule has 0 saturated carbocycles. The van der Waals surface area contributed by atoms with Crippen LogP contribution in [0.2, 0.25) is 0 Å². The summed E-state index contributed by atoms with van der Waals surface area (Å²) < 4.78 is 29.0. The Labute approximate surface area is 135 Å². The molecule has 1 N–H and O–H groups in total. The molecule has 0 fully saturated rings. The number of carbonyl (C=O) groups excluding carboxylic acids is 1. The molecule has 23 heavy (non-hydrogen) atoms. The van der Waals surface area contributed by atoms with Crippen LogP contribution in [0, 0.1) is 0 Å².